The molecular weight excluding hydrogens is 290 g/mol. The van der Waals surface area contributed by atoms with Gasteiger partial charge in [-0.05, 0) is 6.42 Å². The average Bonchev–Trinajstić information content (AvgIpc) is 2.95. The number of hydrogen-bond donors (Lipinski definition) is 1. The van der Waals surface area contributed by atoms with E-state index in [2.05, 4.69) is 16.1 Å². The fraction of sp³-hybridized carbons (Fsp3) is 0.500. The van der Waals surface area contributed by atoms with E-state index >= 15 is 0 Å². The summed E-state index contributed by atoms with van der Waals surface area (Å²) >= 11 is 0. The van der Waals surface area contributed by atoms with Crippen molar-refractivity contribution in [1.82, 2.24) is 14.5 Å². The maximum absolute atomic E-state index is 12.4. The number of aromatic amines is 1. The third-order valence-corrected chi connectivity index (χ3v) is 6.56. The van der Waals surface area contributed by atoms with Gasteiger partial charge in [0.2, 0.25) is 10.0 Å². The predicted octanol–water partition coefficient (Wildman–Crippen LogP) is -0.779. The van der Waals surface area contributed by atoms with E-state index in [0.29, 0.717) is 0 Å². The highest BCUT2D eigenvalue weighted by Gasteiger charge is 2.38. The molecule has 0 amide bonds. The van der Waals surface area contributed by atoms with Crippen LogP contribution in [0.4, 0.5) is 0 Å². The van der Waals surface area contributed by atoms with Crippen molar-refractivity contribution in [2.45, 2.75) is 17.4 Å². The molecule has 1 aliphatic heterocycles. The summed E-state index contributed by atoms with van der Waals surface area (Å²) in [5.41, 5.74) is 0. The molecule has 19 heavy (non-hydrogen) atoms. The summed E-state index contributed by atoms with van der Waals surface area (Å²) in [5, 5.41) is 6.00. The molecule has 9 heteroatoms. The van der Waals surface area contributed by atoms with Gasteiger partial charge in [0.05, 0.1) is 24.2 Å². The van der Waals surface area contributed by atoms with Crippen LogP contribution in [-0.2, 0) is 19.9 Å². The third kappa shape index (κ3) is 2.80. The van der Waals surface area contributed by atoms with Crippen LogP contribution in [0.3, 0.4) is 0 Å². The third-order valence-electron chi connectivity index (χ3n) is 2.94. The number of hydrogen-bond acceptors (Lipinski definition) is 5. The summed E-state index contributed by atoms with van der Waals surface area (Å²) in [5.74, 6) is 2.06. The standard InChI is InChI=1S/C10H13N3O4S2/c1-2-4-13(9-3-5-18(14,15)8-9)19(16,17)10-6-11-12-7-10/h1,6-7,9H,3-5,8H2,(H,11,12). The molecule has 104 valence electrons. The summed E-state index contributed by atoms with van der Waals surface area (Å²) in [6.07, 6.45) is 7.86. The van der Waals surface area contributed by atoms with Crippen molar-refractivity contribution in [2.75, 3.05) is 18.1 Å². The van der Waals surface area contributed by atoms with Crippen LogP contribution in [0.2, 0.25) is 0 Å². The molecule has 1 atom stereocenters. The van der Waals surface area contributed by atoms with Gasteiger partial charge >= 0.3 is 0 Å². The summed E-state index contributed by atoms with van der Waals surface area (Å²) in [6.45, 7) is -0.159. The molecule has 0 spiro atoms. The molecule has 7 nitrogen and oxygen atoms in total. The molecule has 0 bridgehead atoms. The van der Waals surface area contributed by atoms with E-state index in [1.54, 1.807) is 0 Å². The number of terminal acetylenes is 1. The second-order valence-electron chi connectivity index (χ2n) is 4.25. The van der Waals surface area contributed by atoms with Crippen LogP contribution in [0, 0.1) is 12.3 Å². The second-order valence-corrected chi connectivity index (χ2v) is 8.36. The zero-order valence-corrected chi connectivity index (χ0v) is 11.6. The number of sulfonamides is 1. The first-order chi connectivity index (χ1) is 8.87. The fourth-order valence-corrected chi connectivity index (χ4v) is 5.32. The average molecular weight is 303 g/mol. The van der Waals surface area contributed by atoms with Crippen molar-refractivity contribution < 1.29 is 16.8 Å². The van der Waals surface area contributed by atoms with E-state index in [1.807, 2.05) is 0 Å². The van der Waals surface area contributed by atoms with E-state index in [0.717, 1.165) is 4.31 Å². The maximum atomic E-state index is 12.4. The Labute approximate surface area is 112 Å². The Morgan fingerprint density at radius 2 is 2.32 bits per heavy atom. The Kier molecular flexibility index (Phi) is 3.66. The summed E-state index contributed by atoms with van der Waals surface area (Å²) in [6, 6.07) is -0.610. The summed E-state index contributed by atoms with van der Waals surface area (Å²) in [7, 11) is -7.01. The molecule has 1 N–H and O–H groups in total. The molecule has 0 radical (unpaired) electrons. The maximum Gasteiger partial charge on any atom is 0.247 e. The molecule has 0 aliphatic carbocycles. The van der Waals surface area contributed by atoms with E-state index in [-0.39, 0.29) is 29.4 Å². The van der Waals surface area contributed by atoms with E-state index < -0.39 is 25.9 Å². The van der Waals surface area contributed by atoms with Gasteiger partial charge in [-0.25, -0.2) is 16.8 Å². The zero-order valence-electron chi connectivity index (χ0n) is 9.98. The van der Waals surface area contributed by atoms with Crippen LogP contribution in [0.15, 0.2) is 17.3 Å². The Balaban J connectivity index is 2.35. The van der Waals surface area contributed by atoms with E-state index in [9.17, 15) is 16.8 Å². The Morgan fingerprint density at radius 1 is 1.58 bits per heavy atom. The predicted molar refractivity (Wildman–Crippen MR) is 68.4 cm³/mol. The number of rotatable bonds is 4. The minimum atomic E-state index is -3.82. The van der Waals surface area contributed by atoms with Crippen molar-refractivity contribution >= 4 is 19.9 Å². The van der Waals surface area contributed by atoms with Crippen LogP contribution in [0.1, 0.15) is 6.42 Å². The van der Waals surface area contributed by atoms with Gasteiger partial charge in [0.1, 0.15) is 4.90 Å². The first kappa shape index (κ1) is 14.0. The quantitative estimate of drug-likeness (QED) is 0.736. The first-order valence-electron chi connectivity index (χ1n) is 5.51. The van der Waals surface area contributed by atoms with Gasteiger partial charge in [-0.1, -0.05) is 5.92 Å². The van der Waals surface area contributed by atoms with Gasteiger partial charge in [0.25, 0.3) is 0 Å². The van der Waals surface area contributed by atoms with Crippen LogP contribution in [0.25, 0.3) is 0 Å². The number of aromatic nitrogens is 2. The fourth-order valence-electron chi connectivity index (χ4n) is 2.02. The van der Waals surface area contributed by atoms with Crippen LogP contribution in [0.5, 0.6) is 0 Å². The number of nitrogens with one attached hydrogen (secondary N) is 1. The largest absolute Gasteiger partial charge is 0.284 e. The zero-order chi connectivity index (χ0) is 14.1. The van der Waals surface area contributed by atoms with Crippen molar-refractivity contribution in [1.29, 1.82) is 0 Å². The monoisotopic (exact) mass is 303 g/mol. The Hall–Kier alpha value is -1.37. The lowest BCUT2D eigenvalue weighted by Gasteiger charge is -2.24. The number of H-pyrrole nitrogens is 1. The van der Waals surface area contributed by atoms with Crippen molar-refractivity contribution in [2.24, 2.45) is 0 Å². The lowest BCUT2D eigenvalue weighted by atomic mass is 10.3. The molecule has 1 saturated heterocycles. The lowest BCUT2D eigenvalue weighted by molar-refractivity contribution is 0.371. The normalized spacial score (nSPS) is 22.4. The highest BCUT2D eigenvalue weighted by Crippen LogP contribution is 2.24. The van der Waals surface area contributed by atoms with Crippen LogP contribution in [-0.4, -0.2) is 55.4 Å². The Bertz CT molecular complexity index is 686. The molecule has 1 unspecified atom stereocenters. The molecular formula is C10H13N3O4S2. The number of nitrogens with zero attached hydrogens (tertiary/aromatic N) is 2. The highest BCUT2D eigenvalue weighted by atomic mass is 32.2. The summed E-state index contributed by atoms with van der Waals surface area (Å²) < 4.78 is 48.7. The first-order valence-corrected chi connectivity index (χ1v) is 8.77. The molecule has 0 aromatic carbocycles. The van der Waals surface area contributed by atoms with Gasteiger partial charge in [-0.2, -0.15) is 9.40 Å². The van der Waals surface area contributed by atoms with Crippen molar-refractivity contribution in [3.05, 3.63) is 12.4 Å². The summed E-state index contributed by atoms with van der Waals surface area (Å²) in [4.78, 5) is -0.0213. The van der Waals surface area contributed by atoms with Crippen LogP contribution < -0.4 is 0 Å². The molecule has 0 saturated carbocycles. The minimum absolute atomic E-state index is 0.0142. The van der Waals surface area contributed by atoms with E-state index in [1.165, 1.54) is 12.4 Å². The van der Waals surface area contributed by atoms with Gasteiger partial charge in [0.15, 0.2) is 9.84 Å². The highest BCUT2D eigenvalue weighted by molar-refractivity contribution is 7.92. The second kappa shape index (κ2) is 4.96. The number of sulfone groups is 1. The minimum Gasteiger partial charge on any atom is -0.284 e. The topological polar surface area (TPSA) is 100 Å². The van der Waals surface area contributed by atoms with E-state index in [4.69, 9.17) is 6.42 Å². The Morgan fingerprint density at radius 3 is 2.79 bits per heavy atom. The lowest BCUT2D eigenvalue weighted by Crippen LogP contribution is -2.41. The smallest absolute Gasteiger partial charge is 0.247 e. The van der Waals surface area contributed by atoms with Crippen LogP contribution >= 0.6 is 0 Å². The van der Waals surface area contributed by atoms with Crippen molar-refractivity contribution in [3.63, 3.8) is 0 Å². The SMILES string of the molecule is C#CCN(C1CCS(=O)(=O)C1)S(=O)(=O)c1cn[nH]c1. The molecule has 1 aromatic rings. The van der Waals surface area contributed by atoms with Crippen molar-refractivity contribution in [3.8, 4) is 12.3 Å². The molecule has 1 fully saturated rings. The van der Waals surface area contributed by atoms with Gasteiger partial charge in [-0.15, -0.1) is 6.42 Å². The molecule has 1 aliphatic rings. The van der Waals surface area contributed by atoms with Gasteiger partial charge in [-0.3, -0.25) is 5.10 Å². The van der Waals surface area contributed by atoms with Gasteiger partial charge < -0.3 is 0 Å². The van der Waals surface area contributed by atoms with Gasteiger partial charge in [0, 0.05) is 12.2 Å². The molecule has 2 heterocycles. The molecule has 1 aromatic heterocycles. The molecule has 2 rings (SSSR count).